The zero-order valence-electron chi connectivity index (χ0n) is 8.37. The third kappa shape index (κ3) is 2.05. The number of hydrogen-bond acceptors (Lipinski definition) is 2. The van der Waals surface area contributed by atoms with E-state index in [9.17, 15) is 0 Å². The maximum absolute atomic E-state index is 5.80. The van der Waals surface area contributed by atoms with Crippen LogP contribution in [0.15, 0.2) is 0 Å². The molecule has 0 spiro atoms. The Morgan fingerprint density at radius 2 is 1.85 bits per heavy atom. The van der Waals surface area contributed by atoms with Crippen LogP contribution in [0.3, 0.4) is 0 Å². The topological polar surface area (TPSA) is 35.2 Å². The van der Waals surface area contributed by atoms with Crippen molar-refractivity contribution in [1.82, 2.24) is 0 Å². The Hall–Kier alpha value is -0.0800. The lowest BCUT2D eigenvalue weighted by atomic mass is 9.79. The average Bonchev–Trinajstić information content (AvgIpc) is 2.67. The highest BCUT2D eigenvalue weighted by Gasteiger charge is 2.33. The van der Waals surface area contributed by atoms with E-state index in [-0.39, 0.29) is 0 Å². The van der Waals surface area contributed by atoms with Gasteiger partial charge in [-0.15, -0.1) is 0 Å². The molecule has 1 saturated carbocycles. The van der Waals surface area contributed by atoms with Gasteiger partial charge in [0.2, 0.25) is 0 Å². The number of rotatable bonds is 2. The van der Waals surface area contributed by atoms with Crippen molar-refractivity contribution in [3.8, 4) is 0 Å². The van der Waals surface area contributed by atoms with Crippen molar-refractivity contribution in [3.63, 3.8) is 0 Å². The summed E-state index contributed by atoms with van der Waals surface area (Å²) in [5, 5.41) is 0. The Morgan fingerprint density at radius 3 is 2.54 bits per heavy atom. The molecule has 2 atom stereocenters. The van der Waals surface area contributed by atoms with Crippen LogP contribution in [0.2, 0.25) is 0 Å². The second-order valence-corrected chi connectivity index (χ2v) is 4.54. The first kappa shape index (κ1) is 9.47. The van der Waals surface area contributed by atoms with Gasteiger partial charge in [-0.25, -0.2) is 0 Å². The molecule has 2 rings (SSSR count). The molecule has 0 aromatic rings. The van der Waals surface area contributed by atoms with Crippen molar-refractivity contribution >= 4 is 0 Å². The van der Waals surface area contributed by atoms with Gasteiger partial charge in [-0.05, 0) is 50.0 Å². The Labute approximate surface area is 80.8 Å². The Morgan fingerprint density at radius 1 is 1.08 bits per heavy atom. The van der Waals surface area contributed by atoms with E-state index in [1.54, 1.807) is 0 Å². The van der Waals surface area contributed by atoms with Crippen LogP contribution in [0.5, 0.6) is 0 Å². The second-order valence-electron chi connectivity index (χ2n) is 4.54. The first-order valence-corrected chi connectivity index (χ1v) is 5.69. The van der Waals surface area contributed by atoms with Crippen LogP contribution in [0.4, 0.5) is 0 Å². The van der Waals surface area contributed by atoms with Gasteiger partial charge in [0, 0.05) is 13.2 Å². The summed E-state index contributed by atoms with van der Waals surface area (Å²) >= 11 is 0. The summed E-state index contributed by atoms with van der Waals surface area (Å²) in [5.74, 6) is 2.67. The van der Waals surface area contributed by atoms with Crippen molar-refractivity contribution in [2.75, 3.05) is 19.8 Å². The van der Waals surface area contributed by atoms with E-state index in [2.05, 4.69) is 0 Å². The lowest BCUT2D eigenvalue weighted by Crippen LogP contribution is -2.29. The highest BCUT2D eigenvalue weighted by atomic mass is 16.5. The lowest BCUT2D eigenvalue weighted by molar-refractivity contribution is 0.0398. The average molecular weight is 183 g/mol. The van der Waals surface area contributed by atoms with Gasteiger partial charge in [-0.3, -0.25) is 0 Å². The van der Waals surface area contributed by atoms with Crippen LogP contribution < -0.4 is 5.73 Å². The summed E-state index contributed by atoms with van der Waals surface area (Å²) < 4.78 is 5.40. The van der Waals surface area contributed by atoms with Gasteiger partial charge < -0.3 is 10.5 Å². The molecule has 0 aromatic heterocycles. The van der Waals surface area contributed by atoms with Gasteiger partial charge in [0.15, 0.2) is 0 Å². The number of ether oxygens (including phenoxy) is 1. The van der Waals surface area contributed by atoms with Crippen LogP contribution in [-0.2, 0) is 4.74 Å². The molecule has 1 heterocycles. The molecule has 1 saturated heterocycles. The predicted molar refractivity (Wildman–Crippen MR) is 53.4 cm³/mol. The molecule has 0 bridgehead atoms. The van der Waals surface area contributed by atoms with Crippen LogP contribution in [0.25, 0.3) is 0 Å². The van der Waals surface area contributed by atoms with E-state index >= 15 is 0 Å². The van der Waals surface area contributed by atoms with Crippen molar-refractivity contribution in [1.29, 1.82) is 0 Å². The Balaban J connectivity index is 1.90. The van der Waals surface area contributed by atoms with Crippen LogP contribution >= 0.6 is 0 Å². The second kappa shape index (κ2) is 4.43. The molecule has 13 heavy (non-hydrogen) atoms. The molecule has 0 amide bonds. The molecule has 1 aliphatic heterocycles. The summed E-state index contributed by atoms with van der Waals surface area (Å²) in [6.07, 6.45) is 6.76. The fourth-order valence-corrected chi connectivity index (χ4v) is 3.12. The summed E-state index contributed by atoms with van der Waals surface area (Å²) in [4.78, 5) is 0. The minimum absolute atomic E-state index is 0.822. The molecule has 2 N–H and O–H groups in total. The van der Waals surface area contributed by atoms with E-state index < -0.39 is 0 Å². The van der Waals surface area contributed by atoms with E-state index in [0.717, 1.165) is 37.5 Å². The fourth-order valence-electron chi connectivity index (χ4n) is 3.12. The molecule has 1 aliphatic carbocycles. The molecule has 0 radical (unpaired) electrons. The zero-order valence-corrected chi connectivity index (χ0v) is 8.37. The van der Waals surface area contributed by atoms with Crippen LogP contribution in [0.1, 0.15) is 32.1 Å². The Kier molecular flexibility index (Phi) is 3.23. The van der Waals surface area contributed by atoms with Gasteiger partial charge in [0.25, 0.3) is 0 Å². The summed E-state index contributed by atoms with van der Waals surface area (Å²) in [6.45, 7) is 2.87. The van der Waals surface area contributed by atoms with Crippen molar-refractivity contribution < 1.29 is 4.74 Å². The van der Waals surface area contributed by atoms with Gasteiger partial charge in [-0.2, -0.15) is 0 Å². The predicted octanol–water partition coefficient (Wildman–Crippen LogP) is 1.79. The lowest BCUT2D eigenvalue weighted by Gasteiger charge is -2.31. The fraction of sp³-hybridized carbons (Fsp3) is 1.00. The normalized spacial score (nSPS) is 36.7. The first-order valence-electron chi connectivity index (χ1n) is 5.69. The van der Waals surface area contributed by atoms with Gasteiger partial charge in [-0.1, -0.05) is 6.42 Å². The van der Waals surface area contributed by atoms with Gasteiger partial charge in [0.05, 0.1) is 0 Å². The molecule has 2 unspecified atom stereocenters. The molecular formula is C11H21NO. The van der Waals surface area contributed by atoms with E-state index in [0.29, 0.717) is 0 Å². The summed E-state index contributed by atoms with van der Waals surface area (Å²) in [6, 6.07) is 0. The minimum Gasteiger partial charge on any atom is -0.381 e. The van der Waals surface area contributed by atoms with Crippen LogP contribution in [0, 0.1) is 17.8 Å². The highest BCUT2D eigenvalue weighted by Crippen LogP contribution is 2.40. The van der Waals surface area contributed by atoms with E-state index in [1.807, 2.05) is 0 Å². The quantitative estimate of drug-likeness (QED) is 0.708. The van der Waals surface area contributed by atoms with Gasteiger partial charge in [0.1, 0.15) is 0 Å². The first-order chi connectivity index (χ1) is 6.42. The van der Waals surface area contributed by atoms with Crippen molar-refractivity contribution in [3.05, 3.63) is 0 Å². The molecule has 2 fully saturated rings. The summed E-state index contributed by atoms with van der Waals surface area (Å²) in [7, 11) is 0. The molecular weight excluding hydrogens is 162 g/mol. The summed E-state index contributed by atoms with van der Waals surface area (Å²) in [5.41, 5.74) is 5.80. The monoisotopic (exact) mass is 183 g/mol. The smallest absolute Gasteiger partial charge is 0.0468 e. The van der Waals surface area contributed by atoms with Crippen molar-refractivity contribution in [2.24, 2.45) is 23.5 Å². The maximum Gasteiger partial charge on any atom is 0.0468 e. The standard InChI is InChI=1S/C11H21NO/c12-8-10-2-1-3-11(10)9-4-6-13-7-5-9/h9-11H,1-8,12H2. The molecule has 0 aromatic carbocycles. The molecule has 76 valence electrons. The molecule has 2 nitrogen and oxygen atoms in total. The maximum atomic E-state index is 5.80. The Bertz CT molecular complexity index is 154. The molecule has 2 heteroatoms. The SMILES string of the molecule is NCC1CCCC1C1CCOCC1. The highest BCUT2D eigenvalue weighted by molar-refractivity contribution is 4.84. The third-order valence-corrected chi connectivity index (χ3v) is 3.89. The van der Waals surface area contributed by atoms with Crippen molar-refractivity contribution in [2.45, 2.75) is 32.1 Å². The van der Waals surface area contributed by atoms with E-state index in [1.165, 1.54) is 32.1 Å². The minimum atomic E-state index is 0.822. The van der Waals surface area contributed by atoms with E-state index in [4.69, 9.17) is 10.5 Å². The zero-order chi connectivity index (χ0) is 9.10. The largest absolute Gasteiger partial charge is 0.381 e. The number of nitrogens with two attached hydrogens (primary N) is 1. The van der Waals surface area contributed by atoms with Gasteiger partial charge >= 0.3 is 0 Å². The third-order valence-electron chi connectivity index (χ3n) is 3.89. The number of hydrogen-bond donors (Lipinski definition) is 1. The molecule has 2 aliphatic rings. The van der Waals surface area contributed by atoms with Crippen LogP contribution in [-0.4, -0.2) is 19.8 Å².